The van der Waals surface area contributed by atoms with Crippen LogP contribution in [-0.4, -0.2) is 9.36 Å². The second-order valence-corrected chi connectivity index (χ2v) is 3.76. The molecule has 0 radical (unpaired) electrons. The summed E-state index contributed by atoms with van der Waals surface area (Å²) in [6.07, 6.45) is 1.65. The zero-order valence-electron chi connectivity index (χ0n) is 6.24. The Kier molecular flexibility index (Phi) is 1.98. The number of rotatable bonds is 1. The first-order valence-corrected chi connectivity index (χ1v) is 4.87. The molecular weight excluding hydrogens is 240 g/mol. The lowest BCUT2D eigenvalue weighted by atomic mass is 10.3. The van der Waals surface area contributed by atoms with Gasteiger partial charge >= 0.3 is 0 Å². The molecule has 0 aliphatic heterocycles. The summed E-state index contributed by atoms with van der Waals surface area (Å²) in [7, 11) is 0. The van der Waals surface area contributed by atoms with Crippen molar-refractivity contribution in [2.75, 3.05) is 0 Å². The van der Waals surface area contributed by atoms with E-state index in [-0.39, 0.29) is 0 Å². The van der Waals surface area contributed by atoms with Gasteiger partial charge in [0, 0.05) is 0 Å². The van der Waals surface area contributed by atoms with E-state index in [1.54, 1.807) is 6.26 Å². The summed E-state index contributed by atoms with van der Waals surface area (Å²) in [6, 6.07) is 1.91. The number of hydrogen-bond donors (Lipinski definition) is 0. The van der Waals surface area contributed by atoms with Gasteiger partial charge in [0.25, 0.3) is 0 Å². The molecule has 2 aromatic heterocycles. The molecule has 2 rings (SSSR count). The fraction of sp³-hybridized carbons (Fsp3) is 0.143. The summed E-state index contributed by atoms with van der Waals surface area (Å²) in [5.74, 6) is 0.804. The normalized spacial score (nSPS) is 10.5. The first-order valence-electron chi connectivity index (χ1n) is 3.31. The predicted octanol–water partition coefficient (Wildman–Crippen LogP) is 2.87. The Bertz CT molecular complexity index is 396. The molecule has 0 N–H and O–H groups in total. The summed E-state index contributed by atoms with van der Waals surface area (Å²) < 4.78 is 9.86. The van der Waals surface area contributed by atoms with Crippen molar-refractivity contribution in [1.29, 1.82) is 0 Å². The summed E-state index contributed by atoms with van der Waals surface area (Å²) in [4.78, 5) is 4.14. The molecule has 0 aliphatic carbocycles. The van der Waals surface area contributed by atoms with Crippen LogP contribution in [0.3, 0.4) is 0 Å². The molecule has 2 aromatic rings. The number of hydrogen-bond acceptors (Lipinski definition) is 4. The standard InChI is InChI=1S/C7H5BrN2OS/c1-4-2-3-11-5(4)6-9-7(8)10-12-6/h2-3H,1H3. The Labute approximate surface area is 81.7 Å². The van der Waals surface area contributed by atoms with Crippen LogP contribution in [0.15, 0.2) is 21.5 Å². The Morgan fingerprint density at radius 3 is 2.92 bits per heavy atom. The Balaban J connectivity index is 2.50. The van der Waals surface area contributed by atoms with Gasteiger partial charge in [-0.25, -0.2) is 4.98 Å². The highest BCUT2D eigenvalue weighted by Crippen LogP contribution is 2.26. The third kappa shape index (κ3) is 1.30. The van der Waals surface area contributed by atoms with Gasteiger partial charge in [0.05, 0.1) is 6.26 Å². The maximum absolute atomic E-state index is 5.25. The van der Waals surface area contributed by atoms with Crippen molar-refractivity contribution in [3.63, 3.8) is 0 Å². The van der Waals surface area contributed by atoms with Gasteiger partial charge in [0.1, 0.15) is 0 Å². The summed E-state index contributed by atoms with van der Waals surface area (Å²) >= 11 is 4.51. The molecule has 12 heavy (non-hydrogen) atoms. The monoisotopic (exact) mass is 244 g/mol. The van der Waals surface area contributed by atoms with Crippen molar-refractivity contribution in [3.8, 4) is 10.8 Å². The van der Waals surface area contributed by atoms with Crippen LogP contribution in [0.1, 0.15) is 5.56 Å². The van der Waals surface area contributed by atoms with E-state index in [1.807, 2.05) is 13.0 Å². The fourth-order valence-electron chi connectivity index (χ4n) is 0.890. The molecule has 5 heteroatoms. The number of halogens is 1. The largest absolute Gasteiger partial charge is 0.461 e. The van der Waals surface area contributed by atoms with Crippen LogP contribution >= 0.6 is 27.5 Å². The maximum atomic E-state index is 5.25. The molecule has 0 fully saturated rings. The molecule has 0 saturated carbocycles. The highest BCUT2D eigenvalue weighted by atomic mass is 79.9. The fourth-order valence-corrected chi connectivity index (χ4v) is 2.02. The Hall–Kier alpha value is -0.680. The van der Waals surface area contributed by atoms with Crippen LogP contribution < -0.4 is 0 Å². The van der Waals surface area contributed by atoms with Crippen LogP contribution in [0.4, 0.5) is 0 Å². The van der Waals surface area contributed by atoms with Gasteiger partial charge in [0.2, 0.25) is 4.73 Å². The SMILES string of the molecule is Cc1ccoc1-c1nc(Br)ns1. The predicted molar refractivity (Wildman–Crippen MR) is 50.0 cm³/mol. The van der Waals surface area contributed by atoms with Gasteiger partial charge < -0.3 is 4.42 Å². The van der Waals surface area contributed by atoms with Crippen molar-refractivity contribution in [2.45, 2.75) is 6.92 Å². The highest BCUT2D eigenvalue weighted by Gasteiger charge is 2.09. The molecule has 0 saturated heterocycles. The van der Waals surface area contributed by atoms with Gasteiger partial charge in [-0.05, 0) is 46.0 Å². The van der Waals surface area contributed by atoms with Crippen LogP contribution in [0.25, 0.3) is 10.8 Å². The number of furan rings is 1. The van der Waals surface area contributed by atoms with E-state index in [0.29, 0.717) is 4.73 Å². The molecule has 3 nitrogen and oxygen atoms in total. The van der Waals surface area contributed by atoms with Crippen LogP contribution in [-0.2, 0) is 0 Å². The average molecular weight is 245 g/mol. The topological polar surface area (TPSA) is 38.9 Å². The number of nitrogens with zero attached hydrogens (tertiary/aromatic N) is 2. The number of aryl methyl sites for hydroxylation is 1. The minimum Gasteiger partial charge on any atom is -0.461 e. The van der Waals surface area contributed by atoms with Crippen molar-refractivity contribution in [1.82, 2.24) is 9.36 Å². The Morgan fingerprint density at radius 2 is 2.42 bits per heavy atom. The lowest BCUT2D eigenvalue weighted by Crippen LogP contribution is -1.74. The van der Waals surface area contributed by atoms with E-state index in [0.717, 1.165) is 16.3 Å². The van der Waals surface area contributed by atoms with Crippen LogP contribution in [0.2, 0.25) is 0 Å². The van der Waals surface area contributed by atoms with Crippen molar-refractivity contribution in [3.05, 3.63) is 22.6 Å². The van der Waals surface area contributed by atoms with E-state index in [2.05, 4.69) is 25.3 Å². The molecule has 0 spiro atoms. The average Bonchev–Trinajstić information content (AvgIpc) is 2.58. The third-order valence-electron chi connectivity index (χ3n) is 1.46. The quantitative estimate of drug-likeness (QED) is 0.775. The maximum Gasteiger partial charge on any atom is 0.209 e. The summed E-state index contributed by atoms with van der Waals surface area (Å²) in [5, 5.41) is 0.810. The van der Waals surface area contributed by atoms with E-state index < -0.39 is 0 Å². The molecule has 2 heterocycles. The van der Waals surface area contributed by atoms with Gasteiger partial charge in [-0.3, -0.25) is 0 Å². The molecule has 0 aliphatic rings. The van der Waals surface area contributed by atoms with Crippen LogP contribution in [0.5, 0.6) is 0 Å². The molecule has 62 valence electrons. The summed E-state index contributed by atoms with van der Waals surface area (Å²) in [6.45, 7) is 1.98. The minimum absolute atomic E-state index is 0.610. The smallest absolute Gasteiger partial charge is 0.209 e. The van der Waals surface area contributed by atoms with Crippen molar-refractivity contribution >= 4 is 27.5 Å². The van der Waals surface area contributed by atoms with Gasteiger partial charge in [-0.2, -0.15) is 4.37 Å². The molecule has 0 unspecified atom stereocenters. The first kappa shape index (κ1) is 7.94. The van der Waals surface area contributed by atoms with E-state index in [4.69, 9.17) is 4.42 Å². The molecule has 0 amide bonds. The molecule has 0 atom stereocenters. The number of aromatic nitrogens is 2. The molecular formula is C7H5BrN2OS. The van der Waals surface area contributed by atoms with Gasteiger partial charge in [0.15, 0.2) is 10.8 Å². The lowest BCUT2D eigenvalue weighted by Gasteiger charge is -1.88. The second kappa shape index (κ2) is 2.99. The van der Waals surface area contributed by atoms with Gasteiger partial charge in [-0.1, -0.05) is 0 Å². The lowest BCUT2D eigenvalue weighted by molar-refractivity contribution is 0.580. The van der Waals surface area contributed by atoms with Crippen molar-refractivity contribution < 1.29 is 4.42 Å². The Morgan fingerprint density at radius 1 is 1.58 bits per heavy atom. The second-order valence-electron chi connectivity index (χ2n) is 2.30. The van der Waals surface area contributed by atoms with E-state index in [9.17, 15) is 0 Å². The summed E-state index contributed by atoms with van der Waals surface area (Å²) in [5.41, 5.74) is 1.08. The molecule has 0 bridgehead atoms. The van der Waals surface area contributed by atoms with Gasteiger partial charge in [-0.15, -0.1) is 0 Å². The zero-order valence-corrected chi connectivity index (χ0v) is 8.65. The zero-order chi connectivity index (χ0) is 8.55. The first-order chi connectivity index (χ1) is 5.77. The van der Waals surface area contributed by atoms with Crippen molar-refractivity contribution in [2.24, 2.45) is 0 Å². The van der Waals surface area contributed by atoms with E-state index >= 15 is 0 Å². The highest BCUT2D eigenvalue weighted by molar-refractivity contribution is 9.10. The van der Waals surface area contributed by atoms with Crippen LogP contribution in [0, 0.1) is 6.92 Å². The van der Waals surface area contributed by atoms with E-state index in [1.165, 1.54) is 11.5 Å². The third-order valence-corrected chi connectivity index (χ3v) is 2.76. The molecule has 0 aromatic carbocycles. The minimum atomic E-state index is 0.610.